The summed E-state index contributed by atoms with van der Waals surface area (Å²) in [4.78, 5) is 0. The van der Waals surface area contributed by atoms with Crippen LogP contribution in [-0.4, -0.2) is 31.9 Å². The second kappa shape index (κ2) is 15.0. The zero-order valence-corrected chi connectivity index (χ0v) is 41.7. The van der Waals surface area contributed by atoms with Crippen LogP contribution in [-0.2, 0) is 5.41 Å². The molecule has 0 saturated heterocycles. The molecule has 12 aromatic rings. The average Bonchev–Trinajstić information content (AvgIpc) is 4.05. The molecule has 0 bridgehead atoms. The summed E-state index contributed by atoms with van der Waals surface area (Å²) in [7, 11) is 0. The summed E-state index contributed by atoms with van der Waals surface area (Å²) in [5.74, 6) is 0. The van der Waals surface area contributed by atoms with Gasteiger partial charge in [0.1, 0.15) is 0 Å². The summed E-state index contributed by atoms with van der Waals surface area (Å²) in [6, 6.07) is 90.4. The number of hydrogen-bond donors (Lipinski definition) is 0. The maximum absolute atomic E-state index is 2.56. The second-order valence-corrected chi connectivity index (χ2v) is 22.7. The van der Waals surface area contributed by atoms with Gasteiger partial charge in [0.15, 0.2) is 0 Å². The van der Waals surface area contributed by atoms with Gasteiger partial charge in [-0.15, -0.1) is 0 Å². The van der Waals surface area contributed by atoms with E-state index >= 15 is 0 Å². The minimum atomic E-state index is -0.548. The molecule has 0 unspecified atom stereocenters. The van der Waals surface area contributed by atoms with Crippen LogP contribution in [0.4, 0.5) is 0 Å². The molecule has 0 N–H and O–H groups in total. The van der Waals surface area contributed by atoms with E-state index in [1.54, 1.807) is 0 Å². The SMILES string of the molecule is [Ge][c]1ccccc1-c1ccccc1-c1cccc2c(-c3cc4ccccc4c4c3C3(c5ccccc5-c5ccccc53)c3ccccc3-4)c3cccc(-c4ccc[c]5c4-c4cccc[c]4[Ge]5)c3cc12. The van der Waals surface area contributed by atoms with E-state index in [1.807, 2.05) is 0 Å². The Morgan fingerprint density at radius 3 is 1.43 bits per heavy atom. The molecule has 0 aromatic heterocycles. The van der Waals surface area contributed by atoms with Gasteiger partial charge in [-0.3, -0.25) is 0 Å². The molecule has 2 heteroatoms. The topological polar surface area (TPSA) is 0 Å². The monoisotopic (exact) mass is 991 g/mol. The molecule has 5 radical (unpaired) electrons. The van der Waals surface area contributed by atoms with Crippen LogP contribution in [0.5, 0.6) is 0 Å². The Kier molecular flexibility index (Phi) is 8.59. The fourth-order valence-corrected chi connectivity index (χ4v) is 16.5. The van der Waals surface area contributed by atoms with Crippen LogP contribution in [0.3, 0.4) is 0 Å². The predicted octanol–water partition coefficient (Wildman–Crippen LogP) is 14.6. The number of hydrogen-bond acceptors (Lipinski definition) is 0. The molecule has 15 rings (SSSR count). The third-order valence-electron chi connectivity index (χ3n) is 15.5. The Bertz CT molecular complexity index is 4150. The van der Waals surface area contributed by atoms with E-state index in [0.717, 1.165) is 0 Å². The van der Waals surface area contributed by atoms with Crippen molar-refractivity contribution in [2.24, 2.45) is 0 Å². The van der Waals surface area contributed by atoms with Crippen molar-refractivity contribution in [1.29, 1.82) is 0 Å². The van der Waals surface area contributed by atoms with Gasteiger partial charge in [0.05, 0.1) is 0 Å². The van der Waals surface area contributed by atoms with Crippen molar-refractivity contribution in [2.45, 2.75) is 5.41 Å². The van der Waals surface area contributed by atoms with Gasteiger partial charge < -0.3 is 0 Å². The fourth-order valence-electron chi connectivity index (χ4n) is 12.9. The zero-order valence-electron chi connectivity index (χ0n) is 37.5. The van der Waals surface area contributed by atoms with Crippen molar-refractivity contribution in [3.05, 3.63) is 259 Å². The summed E-state index contributed by atoms with van der Waals surface area (Å²) in [6.07, 6.45) is 0. The van der Waals surface area contributed by atoms with Gasteiger partial charge in [-0.05, 0) is 0 Å². The van der Waals surface area contributed by atoms with Gasteiger partial charge in [-0.2, -0.15) is 0 Å². The van der Waals surface area contributed by atoms with Crippen molar-refractivity contribution in [2.75, 3.05) is 0 Å². The zero-order chi connectivity index (χ0) is 45.4. The molecular formula is C67H39Ge2. The van der Waals surface area contributed by atoms with E-state index in [-0.39, 0.29) is 0 Å². The van der Waals surface area contributed by atoms with Crippen LogP contribution >= 0.6 is 0 Å². The summed E-state index contributed by atoms with van der Waals surface area (Å²) < 4.78 is 4.31. The van der Waals surface area contributed by atoms with Crippen LogP contribution < -0.4 is 13.2 Å². The molecular weight excluding hydrogens is 950 g/mol. The predicted molar refractivity (Wildman–Crippen MR) is 293 cm³/mol. The van der Waals surface area contributed by atoms with Crippen molar-refractivity contribution in [1.82, 2.24) is 0 Å². The molecule has 1 spiro atoms. The molecule has 12 aromatic carbocycles. The Labute approximate surface area is 416 Å². The standard InChI is InChI=1S/C67H39Ge2/c68-60-35-13-8-24-48(60)43-21-4-3-20-42(43)44-27-15-29-50-54(44)39-55-45(49-31-17-37-62-64(49)53-26-9-14-36-61(53)69-62)28-16-30-51(55)63(50)56-38-40-18-1-2-19-41(40)65-52-25-7-12-34-59(52)67(66(56)65)57-32-10-5-22-46(57)47-23-6-11-33-58(47)67/h1-39H. The van der Waals surface area contributed by atoms with E-state index in [4.69, 9.17) is 0 Å². The third-order valence-corrected chi connectivity index (χ3v) is 19.4. The first kappa shape index (κ1) is 39.5. The van der Waals surface area contributed by atoms with Crippen molar-refractivity contribution < 1.29 is 0 Å². The van der Waals surface area contributed by atoms with Crippen LogP contribution in [0.25, 0.3) is 110 Å². The Balaban J connectivity index is 1.14. The Morgan fingerprint density at radius 2 is 0.739 bits per heavy atom. The second-order valence-electron chi connectivity index (χ2n) is 18.8. The molecule has 0 nitrogen and oxygen atoms in total. The van der Waals surface area contributed by atoms with E-state index < -0.39 is 20.8 Å². The fraction of sp³-hybridized carbons (Fsp3) is 0.0149. The maximum atomic E-state index is 2.56. The molecule has 0 amide bonds. The first-order chi connectivity index (χ1) is 34.2. The van der Waals surface area contributed by atoms with Gasteiger partial charge in [0, 0.05) is 0 Å². The number of fused-ring (bicyclic) bond motifs is 17. The molecule has 69 heavy (non-hydrogen) atoms. The Morgan fingerprint density at radius 1 is 0.275 bits per heavy atom. The summed E-state index contributed by atoms with van der Waals surface area (Å²) >= 11 is 1.78. The molecule has 0 fully saturated rings. The van der Waals surface area contributed by atoms with Crippen LogP contribution in [0, 0.1) is 0 Å². The normalized spacial score (nSPS) is 13.3. The molecule has 1 aliphatic heterocycles. The number of rotatable bonds is 4. The summed E-state index contributed by atoms with van der Waals surface area (Å²) in [6.45, 7) is 0. The number of benzene rings is 12. The van der Waals surface area contributed by atoms with Gasteiger partial charge in [0.25, 0.3) is 0 Å². The molecule has 315 valence electrons. The first-order valence-corrected chi connectivity index (χ1v) is 27.1. The van der Waals surface area contributed by atoms with E-state index in [0.29, 0.717) is 0 Å². The molecule has 2 aliphatic carbocycles. The van der Waals surface area contributed by atoms with E-state index in [1.165, 1.54) is 146 Å². The quantitative estimate of drug-likeness (QED) is 0.122. The van der Waals surface area contributed by atoms with Crippen molar-refractivity contribution in [3.63, 3.8) is 0 Å². The van der Waals surface area contributed by atoms with Crippen molar-refractivity contribution in [3.8, 4) is 77.9 Å². The van der Waals surface area contributed by atoms with Gasteiger partial charge in [-0.1, -0.05) is 54.6 Å². The van der Waals surface area contributed by atoms with Crippen molar-refractivity contribution >= 4 is 77.5 Å². The average molecular weight is 989 g/mol. The molecule has 1 heterocycles. The molecule has 3 aliphatic rings. The van der Waals surface area contributed by atoms with Gasteiger partial charge >= 0.3 is 365 Å². The summed E-state index contributed by atoms with van der Waals surface area (Å²) in [5.41, 5.74) is 23.2. The van der Waals surface area contributed by atoms with Crippen LogP contribution in [0.2, 0.25) is 0 Å². The first-order valence-electron chi connectivity index (χ1n) is 23.9. The van der Waals surface area contributed by atoms with Crippen LogP contribution in [0.15, 0.2) is 237 Å². The van der Waals surface area contributed by atoms with E-state index in [9.17, 15) is 0 Å². The van der Waals surface area contributed by atoms with E-state index in [2.05, 4.69) is 253 Å². The third kappa shape index (κ3) is 5.42. The minimum absolute atomic E-state index is 0.452. The Hall–Kier alpha value is -7.49. The van der Waals surface area contributed by atoms with Gasteiger partial charge in [0.2, 0.25) is 0 Å². The van der Waals surface area contributed by atoms with Gasteiger partial charge in [-0.25, -0.2) is 0 Å². The molecule has 0 saturated carbocycles. The summed E-state index contributed by atoms with van der Waals surface area (Å²) in [5, 5.41) is 7.61. The molecule has 0 atom stereocenters. The van der Waals surface area contributed by atoms with Crippen LogP contribution in [0.1, 0.15) is 22.3 Å².